The molecule has 1 aliphatic rings. The Labute approximate surface area is 149 Å². The van der Waals surface area contributed by atoms with Crippen LogP contribution in [-0.4, -0.2) is 49.3 Å². The van der Waals surface area contributed by atoms with Gasteiger partial charge in [0.15, 0.2) is 0 Å². The maximum atomic E-state index is 5.23. The molecule has 0 bridgehead atoms. The second-order valence-corrected chi connectivity index (χ2v) is 6.63. The molecule has 0 saturated carbocycles. The number of rotatable bonds is 5. The minimum Gasteiger partial charge on any atom is -0.497 e. The first-order chi connectivity index (χ1) is 12.0. The Morgan fingerprint density at radius 3 is 2.24 bits per heavy atom. The van der Waals surface area contributed by atoms with Gasteiger partial charge in [-0.25, -0.2) is 9.97 Å². The number of aromatic nitrogens is 2. The molecule has 0 aliphatic carbocycles. The van der Waals surface area contributed by atoms with Crippen LogP contribution >= 0.6 is 0 Å². The standard InChI is InChI=1S/C19H27N5O/c1-14(2)20-18-13-19(22-15(3)21-18)24-11-9-23(10-12-24)16-5-7-17(25-4)8-6-16/h5-8,13-14H,9-12H2,1-4H3,(H,20,21,22). The Morgan fingerprint density at radius 1 is 1.00 bits per heavy atom. The second kappa shape index (κ2) is 7.59. The summed E-state index contributed by atoms with van der Waals surface area (Å²) in [6.07, 6.45) is 0. The van der Waals surface area contributed by atoms with Crippen LogP contribution in [0.5, 0.6) is 5.75 Å². The van der Waals surface area contributed by atoms with Crippen molar-refractivity contribution >= 4 is 17.3 Å². The number of methoxy groups -OCH3 is 1. The van der Waals surface area contributed by atoms with Gasteiger partial charge in [0.2, 0.25) is 0 Å². The van der Waals surface area contributed by atoms with Crippen LogP contribution < -0.4 is 19.9 Å². The molecule has 1 fully saturated rings. The lowest BCUT2D eigenvalue weighted by Gasteiger charge is -2.37. The number of piperazine rings is 1. The molecule has 1 N–H and O–H groups in total. The quantitative estimate of drug-likeness (QED) is 0.902. The fourth-order valence-electron chi connectivity index (χ4n) is 3.07. The number of ether oxygens (including phenoxy) is 1. The lowest BCUT2D eigenvalue weighted by Crippen LogP contribution is -2.46. The molecule has 6 heteroatoms. The Bertz CT molecular complexity index is 693. The first kappa shape index (κ1) is 17.3. The van der Waals surface area contributed by atoms with Crippen LogP contribution in [0.4, 0.5) is 17.3 Å². The normalized spacial score (nSPS) is 14.8. The van der Waals surface area contributed by atoms with Gasteiger partial charge in [-0.3, -0.25) is 0 Å². The topological polar surface area (TPSA) is 53.5 Å². The summed E-state index contributed by atoms with van der Waals surface area (Å²) < 4.78 is 5.23. The minimum absolute atomic E-state index is 0.356. The van der Waals surface area contributed by atoms with E-state index in [2.05, 4.69) is 57.1 Å². The summed E-state index contributed by atoms with van der Waals surface area (Å²) in [5.74, 6) is 3.60. The Hall–Kier alpha value is -2.50. The Morgan fingerprint density at radius 2 is 1.64 bits per heavy atom. The van der Waals surface area contributed by atoms with Crippen molar-refractivity contribution in [2.24, 2.45) is 0 Å². The number of hydrogen-bond donors (Lipinski definition) is 1. The summed E-state index contributed by atoms with van der Waals surface area (Å²) >= 11 is 0. The van der Waals surface area contributed by atoms with Gasteiger partial charge in [-0.05, 0) is 45.0 Å². The number of nitrogens with one attached hydrogen (secondary N) is 1. The van der Waals surface area contributed by atoms with Crippen molar-refractivity contribution in [3.63, 3.8) is 0 Å². The van der Waals surface area contributed by atoms with Crippen molar-refractivity contribution in [2.45, 2.75) is 26.8 Å². The number of benzene rings is 1. The van der Waals surface area contributed by atoms with Crippen LogP contribution in [0, 0.1) is 6.92 Å². The predicted octanol–water partition coefficient (Wildman–Crippen LogP) is 2.94. The van der Waals surface area contributed by atoms with Crippen molar-refractivity contribution in [3.05, 3.63) is 36.2 Å². The minimum atomic E-state index is 0.356. The Kier molecular flexibility index (Phi) is 5.26. The van der Waals surface area contributed by atoms with E-state index in [1.165, 1.54) is 5.69 Å². The predicted molar refractivity (Wildman–Crippen MR) is 103 cm³/mol. The largest absolute Gasteiger partial charge is 0.497 e. The highest BCUT2D eigenvalue weighted by Crippen LogP contribution is 2.23. The van der Waals surface area contributed by atoms with E-state index in [9.17, 15) is 0 Å². The van der Waals surface area contributed by atoms with Crippen LogP contribution in [0.3, 0.4) is 0 Å². The number of nitrogens with zero attached hydrogens (tertiary/aromatic N) is 4. The van der Waals surface area contributed by atoms with Crippen LogP contribution in [0.25, 0.3) is 0 Å². The molecule has 0 radical (unpaired) electrons. The summed E-state index contributed by atoms with van der Waals surface area (Å²) in [6, 6.07) is 10.7. The SMILES string of the molecule is COc1ccc(N2CCN(c3cc(NC(C)C)nc(C)n3)CC2)cc1. The zero-order valence-corrected chi connectivity index (χ0v) is 15.5. The van der Waals surface area contributed by atoms with E-state index in [4.69, 9.17) is 4.74 Å². The van der Waals surface area contributed by atoms with Crippen molar-refractivity contribution in [1.29, 1.82) is 0 Å². The molecule has 1 aromatic heterocycles. The van der Waals surface area contributed by atoms with Gasteiger partial charge < -0.3 is 19.9 Å². The van der Waals surface area contributed by atoms with E-state index in [1.807, 2.05) is 19.1 Å². The van der Waals surface area contributed by atoms with Gasteiger partial charge in [-0.15, -0.1) is 0 Å². The molecule has 6 nitrogen and oxygen atoms in total. The fourth-order valence-corrected chi connectivity index (χ4v) is 3.07. The summed E-state index contributed by atoms with van der Waals surface area (Å²) in [5, 5.41) is 3.37. The molecule has 1 aliphatic heterocycles. The first-order valence-electron chi connectivity index (χ1n) is 8.81. The third kappa shape index (κ3) is 4.32. The van der Waals surface area contributed by atoms with Gasteiger partial charge in [0.25, 0.3) is 0 Å². The zero-order chi connectivity index (χ0) is 17.8. The van der Waals surface area contributed by atoms with Crippen LogP contribution in [0.1, 0.15) is 19.7 Å². The number of aryl methyl sites for hydroxylation is 1. The average molecular weight is 341 g/mol. The van der Waals surface area contributed by atoms with E-state index in [0.717, 1.165) is 49.4 Å². The first-order valence-corrected chi connectivity index (χ1v) is 8.81. The van der Waals surface area contributed by atoms with Crippen molar-refractivity contribution in [2.75, 3.05) is 48.4 Å². The van der Waals surface area contributed by atoms with Crippen LogP contribution in [0.15, 0.2) is 30.3 Å². The Balaban J connectivity index is 1.66. The molecule has 0 unspecified atom stereocenters. The molecule has 1 aromatic carbocycles. The van der Waals surface area contributed by atoms with Gasteiger partial charge in [0, 0.05) is 44.0 Å². The van der Waals surface area contributed by atoms with E-state index in [1.54, 1.807) is 7.11 Å². The molecule has 25 heavy (non-hydrogen) atoms. The maximum absolute atomic E-state index is 5.23. The third-order valence-electron chi connectivity index (χ3n) is 4.30. The third-order valence-corrected chi connectivity index (χ3v) is 4.30. The summed E-state index contributed by atoms with van der Waals surface area (Å²) in [4.78, 5) is 13.8. The molecule has 1 saturated heterocycles. The van der Waals surface area contributed by atoms with Crippen molar-refractivity contribution in [1.82, 2.24) is 9.97 Å². The maximum Gasteiger partial charge on any atom is 0.134 e. The highest BCUT2D eigenvalue weighted by molar-refractivity contribution is 5.53. The molecular formula is C19H27N5O. The molecule has 2 aromatic rings. The van der Waals surface area contributed by atoms with Gasteiger partial charge in [-0.1, -0.05) is 0 Å². The number of hydrogen-bond acceptors (Lipinski definition) is 6. The lowest BCUT2D eigenvalue weighted by molar-refractivity contribution is 0.415. The van der Waals surface area contributed by atoms with Gasteiger partial charge >= 0.3 is 0 Å². The average Bonchev–Trinajstić information content (AvgIpc) is 2.61. The van der Waals surface area contributed by atoms with Crippen LogP contribution in [0.2, 0.25) is 0 Å². The lowest BCUT2D eigenvalue weighted by atomic mass is 10.2. The second-order valence-electron chi connectivity index (χ2n) is 6.63. The van der Waals surface area contributed by atoms with Crippen molar-refractivity contribution in [3.8, 4) is 5.75 Å². The zero-order valence-electron chi connectivity index (χ0n) is 15.5. The highest BCUT2D eigenvalue weighted by atomic mass is 16.5. The van der Waals surface area contributed by atoms with E-state index >= 15 is 0 Å². The van der Waals surface area contributed by atoms with Crippen LogP contribution in [-0.2, 0) is 0 Å². The van der Waals surface area contributed by atoms with E-state index in [-0.39, 0.29) is 0 Å². The fraction of sp³-hybridized carbons (Fsp3) is 0.474. The van der Waals surface area contributed by atoms with E-state index in [0.29, 0.717) is 6.04 Å². The van der Waals surface area contributed by atoms with Gasteiger partial charge in [0.1, 0.15) is 23.2 Å². The molecule has 0 spiro atoms. The van der Waals surface area contributed by atoms with E-state index < -0.39 is 0 Å². The highest BCUT2D eigenvalue weighted by Gasteiger charge is 2.19. The number of anilines is 3. The van der Waals surface area contributed by atoms with Crippen molar-refractivity contribution < 1.29 is 4.74 Å². The molecule has 0 atom stereocenters. The monoisotopic (exact) mass is 341 g/mol. The molecule has 3 rings (SSSR count). The summed E-state index contributed by atoms with van der Waals surface area (Å²) in [7, 11) is 1.69. The molecule has 0 amide bonds. The summed E-state index contributed by atoms with van der Waals surface area (Å²) in [5.41, 5.74) is 1.24. The molecule has 134 valence electrons. The molecule has 2 heterocycles. The summed E-state index contributed by atoms with van der Waals surface area (Å²) in [6.45, 7) is 10.0. The van der Waals surface area contributed by atoms with Gasteiger partial charge in [0.05, 0.1) is 7.11 Å². The molecular weight excluding hydrogens is 314 g/mol. The smallest absolute Gasteiger partial charge is 0.134 e. The van der Waals surface area contributed by atoms with Gasteiger partial charge in [-0.2, -0.15) is 0 Å².